The lowest BCUT2D eigenvalue weighted by molar-refractivity contribution is -0.894. The number of rotatable bonds is 16. The Labute approximate surface area is 147 Å². The van der Waals surface area contributed by atoms with Crippen LogP contribution in [0.5, 0.6) is 0 Å². The summed E-state index contributed by atoms with van der Waals surface area (Å²) in [5.41, 5.74) is 0. The van der Waals surface area contributed by atoms with Crippen molar-refractivity contribution < 1.29 is 13.7 Å². The molecule has 0 heterocycles. The zero-order valence-corrected chi connectivity index (χ0v) is 17.2. The normalized spacial score (nSPS) is 12.8. The summed E-state index contributed by atoms with van der Waals surface area (Å²) in [6.45, 7) is 11.2. The number of ether oxygens (including phenoxy) is 1. The second-order valence-corrected chi connectivity index (χ2v) is 8.50. The molecule has 0 N–H and O–H groups in total. The van der Waals surface area contributed by atoms with Crippen LogP contribution in [0.15, 0.2) is 0 Å². The number of likely N-dealkylation sites (N-methyl/N-ethyl adjacent to an activating group) is 2. The monoisotopic (exact) mass is 330 g/mol. The minimum atomic E-state index is 0.899. The van der Waals surface area contributed by atoms with Gasteiger partial charge in [-0.15, -0.1) is 0 Å². The maximum Gasteiger partial charge on any atom is 0.102 e. The van der Waals surface area contributed by atoms with E-state index in [2.05, 4.69) is 42.0 Å². The first-order valence-electron chi connectivity index (χ1n) is 10.0. The summed E-state index contributed by atoms with van der Waals surface area (Å²) in [5, 5.41) is 0. The van der Waals surface area contributed by atoms with Crippen LogP contribution < -0.4 is 0 Å². The molecule has 0 rings (SSSR count). The minimum absolute atomic E-state index is 0.899. The average molecular weight is 331 g/mol. The zero-order valence-electron chi connectivity index (χ0n) is 17.2. The topological polar surface area (TPSA) is 9.23 Å². The Hall–Kier alpha value is -0.120. The Morgan fingerprint density at radius 2 is 0.913 bits per heavy atom. The van der Waals surface area contributed by atoms with Crippen molar-refractivity contribution >= 4 is 0 Å². The molecule has 0 saturated heterocycles. The largest absolute Gasteiger partial charge is 0.370 e. The van der Waals surface area contributed by atoms with Crippen LogP contribution in [0.1, 0.15) is 65.2 Å². The molecule has 0 fully saturated rings. The van der Waals surface area contributed by atoms with Crippen molar-refractivity contribution in [2.75, 3.05) is 67.6 Å². The molecule has 140 valence electrons. The van der Waals surface area contributed by atoms with E-state index in [1.165, 1.54) is 64.5 Å². The van der Waals surface area contributed by atoms with E-state index in [0.29, 0.717) is 0 Å². The minimum Gasteiger partial charge on any atom is -0.370 e. The summed E-state index contributed by atoms with van der Waals surface area (Å²) < 4.78 is 8.12. The van der Waals surface area contributed by atoms with Crippen LogP contribution >= 0.6 is 0 Å². The third kappa shape index (κ3) is 15.2. The number of hydrogen-bond donors (Lipinski definition) is 0. The molecule has 23 heavy (non-hydrogen) atoms. The number of nitrogens with zero attached hydrogens (tertiary/aromatic N) is 2. The Morgan fingerprint density at radius 3 is 1.26 bits per heavy atom. The van der Waals surface area contributed by atoms with E-state index in [1.54, 1.807) is 0 Å². The van der Waals surface area contributed by atoms with Crippen LogP contribution in [-0.2, 0) is 4.74 Å². The Balaban J connectivity index is 3.65. The highest BCUT2D eigenvalue weighted by atomic mass is 16.5. The molecular weight excluding hydrogens is 284 g/mol. The van der Waals surface area contributed by atoms with Gasteiger partial charge >= 0.3 is 0 Å². The molecule has 0 aliphatic rings. The van der Waals surface area contributed by atoms with Gasteiger partial charge in [-0.3, -0.25) is 0 Å². The quantitative estimate of drug-likeness (QED) is 0.302. The molecule has 3 nitrogen and oxygen atoms in total. The fourth-order valence-corrected chi connectivity index (χ4v) is 2.88. The van der Waals surface area contributed by atoms with Crippen LogP contribution in [0.4, 0.5) is 0 Å². The maximum atomic E-state index is 5.93. The molecule has 0 aliphatic heterocycles. The third-order valence-electron chi connectivity index (χ3n) is 4.92. The van der Waals surface area contributed by atoms with Crippen LogP contribution in [0.25, 0.3) is 0 Å². The lowest BCUT2D eigenvalue weighted by Crippen LogP contribution is -2.45. The van der Waals surface area contributed by atoms with Gasteiger partial charge in [0, 0.05) is 0 Å². The van der Waals surface area contributed by atoms with Crippen LogP contribution in [0.2, 0.25) is 0 Å². The molecule has 0 bridgehead atoms. The molecule has 0 saturated carbocycles. The van der Waals surface area contributed by atoms with Crippen molar-refractivity contribution in [1.29, 1.82) is 0 Å². The van der Waals surface area contributed by atoms with Gasteiger partial charge in [-0.05, 0) is 25.7 Å². The Kier molecular flexibility index (Phi) is 13.1. The number of quaternary nitrogens is 2. The van der Waals surface area contributed by atoms with Crippen LogP contribution in [0.3, 0.4) is 0 Å². The molecule has 0 aromatic heterocycles. The number of unbranched alkanes of at least 4 members (excludes halogenated alkanes) is 6. The van der Waals surface area contributed by atoms with Crippen molar-refractivity contribution in [3.8, 4) is 0 Å². The molecule has 0 spiro atoms. The molecule has 0 aromatic carbocycles. The van der Waals surface area contributed by atoms with E-state index < -0.39 is 0 Å². The van der Waals surface area contributed by atoms with E-state index in [0.717, 1.165) is 35.3 Å². The van der Waals surface area contributed by atoms with Gasteiger partial charge in [0.2, 0.25) is 0 Å². The standard InChI is InChI=1S/C20H46N2O/c1-7-9-11-13-15-21(3,4)17-19-23-20-18-22(5,6)16-14-12-10-8-2/h7-20H2,1-6H3/q+2. The van der Waals surface area contributed by atoms with Gasteiger partial charge in [0.25, 0.3) is 0 Å². The van der Waals surface area contributed by atoms with Gasteiger partial charge in [-0.25, -0.2) is 0 Å². The van der Waals surface area contributed by atoms with Gasteiger partial charge in [-0.2, -0.15) is 0 Å². The van der Waals surface area contributed by atoms with Gasteiger partial charge < -0.3 is 13.7 Å². The molecule has 0 unspecified atom stereocenters. The number of hydrogen-bond acceptors (Lipinski definition) is 1. The highest BCUT2D eigenvalue weighted by Gasteiger charge is 2.16. The van der Waals surface area contributed by atoms with Crippen LogP contribution in [-0.4, -0.2) is 76.5 Å². The summed E-state index contributed by atoms with van der Waals surface area (Å²) >= 11 is 0. The summed E-state index contributed by atoms with van der Waals surface area (Å²) in [6, 6.07) is 0. The predicted octanol–water partition coefficient (Wildman–Crippen LogP) is 4.32. The smallest absolute Gasteiger partial charge is 0.102 e. The Morgan fingerprint density at radius 1 is 0.522 bits per heavy atom. The molecule has 0 aromatic rings. The van der Waals surface area contributed by atoms with E-state index in [-0.39, 0.29) is 0 Å². The molecule has 0 atom stereocenters. The maximum absolute atomic E-state index is 5.93. The van der Waals surface area contributed by atoms with Crippen molar-refractivity contribution in [3.05, 3.63) is 0 Å². The first-order valence-corrected chi connectivity index (χ1v) is 10.0. The average Bonchev–Trinajstić information content (AvgIpc) is 2.48. The van der Waals surface area contributed by atoms with E-state index in [4.69, 9.17) is 4.74 Å². The molecule has 3 heteroatoms. The Bertz CT molecular complexity index is 238. The van der Waals surface area contributed by atoms with Crippen molar-refractivity contribution in [3.63, 3.8) is 0 Å². The fraction of sp³-hybridized carbons (Fsp3) is 1.00. The lowest BCUT2D eigenvalue weighted by atomic mass is 10.2. The van der Waals surface area contributed by atoms with Gasteiger partial charge in [0.05, 0.1) is 54.5 Å². The van der Waals surface area contributed by atoms with Gasteiger partial charge in [-0.1, -0.05) is 39.5 Å². The van der Waals surface area contributed by atoms with Gasteiger partial charge in [0.15, 0.2) is 0 Å². The van der Waals surface area contributed by atoms with E-state index >= 15 is 0 Å². The highest BCUT2D eigenvalue weighted by Crippen LogP contribution is 2.07. The summed E-state index contributed by atoms with van der Waals surface area (Å²) in [5.74, 6) is 0. The van der Waals surface area contributed by atoms with Crippen molar-refractivity contribution in [2.45, 2.75) is 65.2 Å². The lowest BCUT2D eigenvalue weighted by Gasteiger charge is -2.31. The van der Waals surface area contributed by atoms with Crippen molar-refractivity contribution in [1.82, 2.24) is 0 Å². The predicted molar refractivity (Wildman–Crippen MR) is 103 cm³/mol. The third-order valence-corrected chi connectivity index (χ3v) is 4.92. The first kappa shape index (κ1) is 22.9. The SMILES string of the molecule is CCCCCC[N+](C)(C)CCOCC[N+](C)(C)CCCCCC. The first-order chi connectivity index (χ1) is 10.8. The highest BCUT2D eigenvalue weighted by molar-refractivity contribution is 4.43. The van der Waals surface area contributed by atoms with E-state index in [9.17, 15) is 0 Å². The molecular formula is C20H46N2O+2. The summed E-state index contributed by atoms with van der Waals surface area (Å²) in [7, 11) is 9.35. The summed E-state index contributed by atoms with van der Waals surface area (Å²) in [6.07, 6.45) is 10.9. The van der Waals surface area contributed by atoms with Crippen LogP contribution in [0, 0.1) is 0 Å². The second kappa shape index (κ2) is 13.2. The molecule has 0 aliphatic carbocycles. The van der Waals surface area contributed by atoms with Gasteiger partial charge in [0.1, 0.15) is 13.1 Å². The molecule has 0 amide bonds. The fourth-order valence-electron chi connectivity index (χ4n) is 2.88. The van der Waals surface area contributed by atoms with Crippen molar-refractivity contribution in [2.24, 2.45) is 0 Å². The second-order valence-electron chi connectivity index (χ2n) is 8.50. The summed E-state index contributed by atoms with van der Waals surface area (Å²) in [4.78, 5) is 0. The molecule has 0 radical (unpaired) electrons. The zero-order chi connectivity index (χ0) is 17.6. The van der Waals surface area contributed by atoms with E-state index in [1.807, 2.05) is 0 Å².